The number of para-hydroxylation sites is 2. The lowest BCUT2D eigenvalue weighted by Crippen LogP contribution is -2.12. The molecule has 1 heterocycles. The lowest BCUT2D eigenvalue weighted by molar-refractivity contribution is 0.102. The molecule has 4 nitrogen and oxygen atoms in total. The fourth-order valence-corrected chi connectivity index (χ4v) is 1.76. The van der Waals surface area contributed by atoms with Gasteiger partial charge in [0.05, 0.1) is 5.39 Å². The summed E-state index contributed by atoms with van der Waals surface area (Å²) >= 11 is 0. The number of hydrogen-bond acceptors (Lipinski definition) is 3. The van der Waals surface area contributed by atoms with Gasteiger partial charge in [0.25, 0.3) is 5.91 Å². The lowest BCUT2D eigenvalue weighted by Gasteiger charge is -2.01. The third-order valence-corrected chi connectivity index (χ3v) is 2.62. The highest BCUT2D eigenvalue weighted by Gasteiger charge is 2.15. The van der Waals surface area contributed by atoms with Gasteiger partial charge in [0, 0.05) is 5.69 Å². The van der Waals surface area contributed by atoms with Crippen LogP contribution in [0, 0.1) is 0 Å². The van der Waals surface area contributed by atoms with Crippen molar-refractivity contribution in [2.24, 2.45) is 0 Å². The van der Waals surface area contributed by atoms with Gasteiger partial charge in [-0.05, 0) is 24.3 Å². The number of carbonyl (C=O) groups is 1. The van der Waals surface area contributed by atoms with Crippen molar-refractivity contribution in [2.75, 3.05) is 5.32 Å². The van der Waals surface area contributed by atoms with Gasteiger partial charge >= 0.3 is 0 Å². The van der Waals surface area contributed by atoms with Gasteiger partial charge in [0.1, 0.15) is 0 Å². The Bertz CT molecular complexity index is 689. The maximum Gasteiger partial charge on any atom is 0.278 e. The van der Waals surface area contributed by atoms with Crippen LogP contribution in [0.25, 0.3) is 11.0 Å². The maximum absolute atomic E-state index is 12.1. The summed E-state index contributed by atoms with van der Waals surface area (Å²) in [5, 5.41) is 7.29. The fraction of sp³-hybridized carbons (Fsp3) is 0. The monoisotopic (exact) mass is 238 g/mol. The van der Waals surface area contributed by atoms with E-state index in [1.165, 1.54) is 0 Å². The Kier molecular flexibility index (Phi) is 2.53. The van der Waals surface area contributed by atoms with E-state index >= 15 is 0 Å². The first-order valence-electron chi connectivity index (χ1n) is 5.55. The number of carbonyl (C=O) groups excluding carboxylic acids is 1. The minimum absolute atomic E-state index is 0.272. The van der Waals surface area contributed by atoms with E-state index in [0.717, 1.165) is 5.69 Å². The Hall–Kier alpha value is -2.62. The highest BCUT2D eigenvalue weighted by atomic mass is 16.5. The first-order valence-corrected chi connectivity index (χ1v) is 5.55. The summed E-state index contributed by atoms with van der Waals surface area (Å²) < 4.78 is 5.10. The molecular formula is C14H10N2O2. The molecule has 2 aromatic carbocycles. The van der Waals surface area contributed by atoms with Crippen LogP contribution in [0.5, 0.6) is 0 Å². The van der Waals surface area contributed by atoms with E-state index < -0.39 is 0 Å². The molecule has 18 heavy (non-hydrogen) atoms. The van der Waals surface area contributed by atoms with Gasteiger partial charge in [-0.25, -0.2) is 0 Å². The molecule has 0 spiro atoms. The van der Waals surface area contributed by atoms with E-state index in [1.807, 2.05) is 48.5 Å². The van der Waals surface area contributed by atoms with Crippen molar-refractivity contribution in [3.8, 4) is 0 Å². The lowest BCUT2D eigenvalue weighted by atomic mass is 10.2. The van der Waals surface area contributed by atoms with Crippen molar-refractivity contribution in [2.45, 2.75) is 0 Å². The topological polar surface area (TPSA) is 55.1 Å². The molecule has 1 N–H and O–H groups in total. The summed E-state index contributed by atoms with van der Waals surface area (Å²) in [5.41, 5.74) is 1.64. The van der Waals surface area contributed by atoms with Crippen LogP contribution >= 0.6 is 0 Å². The molecule has 0 bridgehead atoms. The van der Waals surface area contributed by atoms with Crippen LogP contribution in [0.2, 0.25) is 0 Å². The molecule has 3 rings (SSSR count). The number of anilines is 1. The average Bonchev–Trinajstić information content (AvgIpc) is 2.84. The van der Waals surface area contributed by atoms with Crippen molar-refractivity contribution < 1.29 is 9.32 Å². The molecule has 0 unspecified atom stereocenters. The zero-order valence-corrected chi connectivity index (χ0v) is 9.46. The van der Waals surface area contributed by atoms with Gasteiger partial charge in [0.2, 0.25) is 0 Å². The number of aromatic nitrogens is 1. The Balaban J connectivity index is 1.93. The molecule has 0 fully saturated rings. The molecule has 1 aromatic heterocycles. The van der Waals surface area contributed by atoms with Crippen molar-refractivity contribution >= 4 is 22.6 Å². The van der Waals surface area contributed by atoms with Crippen molar-refractivity contribution in [1.82, 2.24) is 5.16 Å². The van der Waals surface area contributed by atoms with Gasteiger partial charge in [0.15, 0.2) is 11.3 Å². The summed E-state index contributed by atoms with van der Waals surface area (Å²) in [6, 6.07) is 16.5. The predicted octanol–water partition coefficient (Wildman–Crippen LogP) is 3.08. The van der Waals surface area contributed by atoms with E-state index in [2.05, 4.69) is 10.5 Å². The van der Waals surface area contributed by atoms with Gasteiger partial charge in [-0.15, -0.1) is 0 Å². The Morgan fingerprint density at radius 1 is 1.00 bits per heavy atom. The molecule has 4 heteroatoms. The van der Waals surface area contributed by atoms with Crippen LogP contribution in [-0.2, 0) is 0 Å². The van der Waals surface area contributed by atoms with Crippen LogP contribution in [0.3, 0.4) is 0 Å². The predicted molar refractivity (Wildman–Crippen MR) is 68.4 cm³/mol. The molecule has 0 atom stereocenters. The van der Waals surface area contributed by atoms with E-state index in [0.29, 0.717) is 16.7 Å². The molecule has 0 aliphatic rings. The average molecular weight is 238 g/mol. The van der Waals surface area contributed by atoms with Crippen LogP contribution in [0.4, 0.5) is 5.69 Å². The van der Waals surface area contributed by atoms with Gasteiger partial charge in [-0.3, -0.25) is 4.79 Å². The number of fused-ring (bicyclic) bond motifs is 1. The van der Waals surface area contributed by atoms with Crippen LogP contribution in [0.15, 0.2) is 59.1 Å². The van der Waals surface area contributed by atoms with Crippen molar-refractivity contribution in [3.05, 3.63) is 60.3 Å². The van der Waals surface area contributed by atoms with Crippen LogP contribution in [0.1, 0.15) is 10.5 Å². The standard InChI is InChI=1S/C14H10N2O2/c17-14(15-10-6-2-1-3-7-10)13-11-8-4-5-9-12(11)18-16-13/h1-9H,(H,15,17). The Labute approximate surface area is 103 Å². The normalized spacial score (nSPS) is 10.4. The number of rotatable bonds is 2. The van der Waals surface area contributed by atoms with Gasteiger partial charge in [-0.2, -0.15) is 0 Å². The first kappa shape index (κ1) is 10.5. The SMILES string of the molecule is O=C(Nc1ccccc1)c1noc2ccccc12. The summed E-state index contributed by atoms with van der Waals surface area (Å²) in [6.45, 7) is 0. The number of nitrogens with zero attached hydrogens (tertiary/aromatic N) is 1. The number of amides is 1. The summed E-state index contributed by atoms with van der Waals surface area (Å²) in [4.78, 5) is 12.1. The van der Waals surface area contributed by atoms with E-state index in [9.17, 15) is 4.79 Å². The third-order valence-electron chi connectivity index (χ3n) is 2.62. The quantitative estimate of drug-likeness (QED) is 0.746. The largest absolute Gasteiger partial charge is 0.355 e. The second kappa shape index (κ2) is 4.33. The Morgan fingerprint density at radius 3 is 2.56 bits per heavy atom. The van der Waals surface area contributed by atoms with E-state index in [1.54, 1.807) is 6.07 Å². The molecule has 0 aliphatic heterocycles. The van der Waals surface area contributed by atoms with Gasteiger partial charge in [-0.1, -0.05) is 35.5 Å². The molecule has 1 amide bonds. The molecule has 0 saturated heterocycles. The molecule has 0 aliphatic carbocycles. The second-order valence-corrected chi connectivity index (χ2v) is 3.85. The number of nitrogens with one attached hydrogen (secondary N) is 1. The highest BCUT2D eigenvalue weighted by molar-refractivity contribution is 6.10. The smallest absolute Gasteiger partial charge is 0.278 e. The number of hydrogen-bond donors (Lipinski definition) is 1. The summed E-state index contributed by atoms with van der Waals surface area (Å²) in [6.07, 6.45) is 0. The van der Waals surface area contributed by atoms with Gasteiger partial charge < -0.3 is 9.84 Å². The number of benzene rings is 2. The summed E-state index contributed by atoms with van der Waals surface area (Å²) in [5.74, 6) is -0.272. The fourth-order valence-electron chi connectivity index (χ4n) is 1.76. The first-order chi connectivity index (χ1) is 8.84. The molecular weight excluding hydrogens is 228 g/mol. The minimum Gasteiger partial charge on any atom is -0.355 e. The van der Waals surface area contributed by atoms with Crippen LogP contribution in [-0.4, -0.2) is 11.1 Å². The molecule has 0 saturated carbocycles. The van der Waals surface area contributed by atoms with Crippen molar-refractivity contribution in [3.63, 3.8) is 0 Å². The second-order valence-electron chi connectivity index (χ2n) is 3.85. The molecule has 3 aromatic rings. The maximum atomic E-state index is 12.1. The summed E-state index contributed by atoms with van der Waals surface area (Å²) in [7, 11) is 0. The zero-order chi connectivity index (χ0) is 12.4. The van der Waals surface area contributed by atoms with Crippen molar-refractivity contribution in [1.29, 1.82) is 0 Å². The van der Waals surface area contributed by atoms with Crippen LogP contribution < -0.4 is 5.32 Å². The zero-order valence-electron chi connectivity index (χ0n) is 9.46. The third kappa shape index (κ3) is 1.84. The molecule has 0 radical (unpaired) electrons. The highest BCUT2D eigenvalue weighted by Crippen LogP contribution is 2.18. The van der Waals surface area contributed by atoms with E-state index in [-0.39, 0.29) is 5.91 Å². The Morgan fingerprint density at radius 2 is 1.72 bits per heavy atom. The van der Waals surface area contributed by atoms with E-state index in [4.69, 9.17) is 4.52 Å². The minimum atomic E-state index is -0.272. The molecule has 88 valence electrons.